The number of fused-ring (bicyclic) bond motifs is 7. The summed E-state index contributed by atoms with van der Waals surface area (Å²) in [5.74, 6) is 9.18. The molecule has 4 aliphatic carbocycles. The van der Waals surface area contributed by atoms with Crippen LogP contribution in [-0.4, -0.2) is 13.2 Å². The zero-order chi connectivity index (χ0) is 17.1. The lowest BCUT2D eigenvalue weighted by Gasteiger charge is -2.52. The molecule has 1 heteroatoms. The van der Waals surface area contributed by atoms with E-state index in [2.05, 4.69) is 30.3 Å². The van der Waals surface area contributed by atoms with Crippen molar-refractivity contribution in [2.75, 3.05) is 13.2 Å². The number of benzene rings is 1. The van der Waals surface area contributed by atoms with Gasteiger partial charge in [-0.1, -0.05) is 30.3 Å². The normalized spacial score (nSPS) is 49.8. The summed E-state index contributed by atoms with van der Waals surface area (Å²) in [6.07, 6.45) is 12.0. The molecule has 0 N–H and O–H groups in total. The average molecular weight is 351 g/mol. The van der Waals surface area contributed by atoms with E-state index in [9.17, 15) is 0 Å². The summed E-state index contributed by atoms with van der Waals surface area (Å²) < 4.78 is 5.82. The Morgan fingerprint density at radius 1 is 0.615 bits per heavy atom. The highest BCUT2D eigenvalue weighted by atomic mass is 16.5. The van der Waals surface area contributed by atoms with Crippen molar-refractivity contribution in [3.05, 3.63) is 35.9 Å². The number of ether oxygens (including phenoxy) is 1. The minimum atomic E-state index is 0.858. The molecule has 1 aromatic carbocycles. The molecular formula is C25H34O. The van der Waals surface area contributed by atoms with E-state index in [1.165, 1.54) is 32.1 Å². The molecule has 6 rings (SSSR count). The van der Waals surface area contributed by atoms with Crippen molar-refractivity contribution in [2.45, 2.75) is 57.3 Å². The zero-order valence-corrected chi connectivity index (χ0v) is 16.1. The van der Waals surface area contributed by atoms with E-state index in [1.54, 1.807) is 24.8 Å². The molecule has 1 aromatic rings. The van der Waals surface area contributed by atoms with Crippen LogP contribution in [0.1, 0.15) is 62.8 Å². The van der Waals surface area contributed by atoms with Crippen LogP contribution in [0.3, 0.4) is 0 Å². The molecule has 9 atom stereocenters. The van der Waals surface area contributed by atoms with Crippen LogP contribution in [0.5, 0.6) is 0 Å². The maximum absolute atomic E-state index is 5.82. The Labute approximate surface area is 158 Å². The first-order valence-corrected chi connectivity index (χ1v) is 11.5. The summed E-state index contributed by atoms with van der Waals surface area (Å²) in [6.45, 7) is 2.12. The van der Waals surface area contributed by atoms with E-state index in [-0.39, 0.29) is 0 Å². The summed E-state index contributed by atoms with van der Waals surface area (Å²) in [7, 11) is 0. The summed E-state index contributed by atoms with van der Waals surface area (Å²) in [6, 6.07) is 11.4. The quantitative estimate of drug-likeness (QED) is 0.612. The van der Waals surface area contributed by atoms with Gasteiger partial charge >= 0.3 is 0 Å². The molecule has 1 aliphatic heterocycles. The first-order valence-electron chi connectivity index (χ1n) is 11.5. The van der Waals surface area contributed by atoms with Crippen LogP contribution >= 0.6 is 0 Å². The van der Waals surface area contributed by atoms with E-state index in [0.717, 1.165) is 66.5 Å². The monoisotopic (exact) mass is 350 g/mol. The van der Waals surface area contributed by atoms with E-state index in [1.807, 2.05) is 0 Å². The molecule has 0 aromatic heterocycles. The summed E-state index contributed by atoms with van der Waals surface area (Å²) in [4.78, 5) is 0. The summed E-state index contributed by atoms with van der Waals surface area (Å²) in [5.41, 5.74) is 1.62. The van der Waals surface area contributed by atoms with Crippen LogP contribution < -0.4 is 0 Å². The van der Waals surface area contributed by atoms with Crippen LogP contribution in [0.2, 0.25) is 0 Å². The number of rotatable bonds is 1. The topological polar surface area (TPSA) is 9.23 Å². The van der Waals surface area contributed by atoms with Gasteiger partial charge in [0.2, 0.25) is 0 Å². The van der Waals surface area contributed by atoms with Crippen LogP contribution in [-0.2, 0) is 4.74 Å². The Balaban J connectivity index is 1.19. The number of hydrogen-bond acceptors (Lipinski definition) is 1. The highest BCUT2D eigenvalue weighted by Crippen LogP contribution is 2.64. The van der Waals surface area contributed by atoms with Gasteiger partial charge in [-0.05, 0) is 110 Å². The predicted molar refractivity (Wildman–Crippen MR) is 105 cm³/mol. The molecule has 1 heterocycles. The van der Waals surface area contributed by atoms with Crippen LogP contribution in [0.4, 0.5) is 0 Å². The molecule has 0 radical (unpaired) electrons. The Bertz CT molecular complexity index is 639. The Morgan fingerprint density at radius 2 is 1.38 bits per heavy atom. The largest absolute Gasteiger partial charge is 0.381 e. The minimum absolute atomic E-state index is 0.858. The van der Waals surface area contributed by atoms with Gasteiger partial charge in [0, 0.05) is 13.2 Å². The molecule has 0 amide bonds. The third kappa shape index (κ3) is 2.45. The second kappa shape index (κ2) is 6.36. The molecule has 140 valence electrons. The highest BCUT2D eigenvalue weighted by Gasteiger charge is 2.55. The smallest absolute Gasteiger partial charge is 0.0497 e. The van der Waals surface area contributed by atoms with Crippen molar-refractivity contribution in [2.24, 2.45) is 47.3 Å². The lowest BCUT2D eigenvalue weighted by atomic mass is 9.55. The second-order valence-electron chi connectivity index (χ2n) is 10.3. The molecule has 9 unspecified atom stereocenters. The van der Waals surface area contributed by atoms with Gasteiger partial charge in [0.15, 0.2) is 0 Å². The first-order chi connectivity index (χ1) is 12.9. The van der Waals surface area contributed by atoms with Gasteiger partial charge in [0.25, 0.3) is 0 Å². The van der Waals surface area contributed by atoms with Gasteiger partial charge in [-0.15, -0.1) is 0 Å². The Kier molecular flexibility index (Phi) is 3.96. The Morgan fingerprint density at radius 3 is 2.27 bits per heavy atom. The lowest BCUT2D eigenvalue weighted by Crippen LogP contribution is -2.46. The third-order valence-corrected chi connectivity index (χ3v) is 9.58. The molecule has 1 saturated heterocycles. The van der Waals surface area contributed by atoms with Gasteiger partial charge in [0.05, 0.1) is 0 Å². The predicted octanol–water partition coefficient (Wildman–Crippen LogP) is 5.91. The SMILES string of the molecule is c1ccc(C2CC3CC4C(CCC5C6CCOCC6CCC54)C3C2)cc1. The van der Waals surface area contributed by atoms with Crippen molar-refractivity contribution < 1.29 is 4.74 Å². The van der Waals surface area contributed by atoms with Crippen molar-refractivity contribution in [1.29, 1.82) is 0 Å². The van der Waals surface area contributed by atoms with Crippen LogP contribution in [0.25, 0.3) is 0 Å². The van der Waals surface area contributed by atoms with E-state index < -0.39 is 0 Å². The molecule has 0 spiro atoms. The fraction of sp³-hybridized carbons (Fsp3) is 0.760. The second-order valence-corrected chi connectivity index (χ2v) is 10.3. The van der Waals surface area contributed by atoms with Gasteiger partial charge in [0.1, 0.15) is 0 Å². The van der Waals surface area contributed by atoms with Crippen molar-refractivity contribution in [1.82, 2.24) is 0 Å². The standard InChI is InChI=1S/C25H34O/c1-2-4-16(5-3-1)18-12-19-14-25-22-7-6-17-15-26-11-10-20(17)21(22)8-9-23(25)24(19)13-18/h1-5,17-25H,6-15H2. The highest BCUT2D eigenvalue weighted by molar-refractivity contribution is 5.22. The van der Waals surface area contributed by atoms with Gasteiger partial charge in [-0.25, -0.2) is 0 Å². The van der Waals surface area contributed by atoms with Crippen molar-refractivity contribution in [3.63, 3.8) is 0 Å². The summed E-state index contributed by atoms with van der Waals surface area (Å²) in [5, 5.41) is 0. The number of hydrogen-bond donors (Lipinski definition) is 0. The molecule has 5 fully saturated rings. The maximum atomic E-state index is 5.82. The lowest BCUT2D eigenvalue weighted by molar-refractivity contribution is -0.0778. The van der Waals surface area contributed by atoms with Crippen LogP contribution in [0.15, 0.2) is 30.3 Å². The first kappa shape index (κ1) is 16.2. The van der Waals surface area contributed by atoms with E-state index in [0.29, 0.717) is 0 Å². The molecule has 26 heavy (non-hydrogen) atoms. The van der Waals surface area contributed by atoms with Crippen molar-refractivity contribution >= 4 is 0 Å². The Hall–Kier alpha value is -0.820. The fourth-order valence-corrected chi connectivity index (χ4v) is 8.67. The van der Waals surface area contributed by atoms with Gasteiger partial charge < -0.3 is 4.74 Å². The molecule has 5 aliphatic rings. The zero-order valence-electron chi connectivity index (χ0n) is 16.1. The van der Waals surface area contributed by atoms with Crippen molar-refractivity contribution in [3.8, 4) is 0 Å². The van der Waals surface area contributed by atoms with E-state index in [4.69, 9.17) is 4.74 Å². The third-order valence-electron chi connectivity index (χ3n) is 9.58. The van der Waals surface area contributed by atoms with Crippen LogP contribution in [0, 0.1) is 47.3 Å². The molecule has 0 bridgehead atoms. The average Bonchev–Trinajstić information content (AvgIpc) is 3.26. The van der Waals surface area contributed by atoms with E-state index >= 15 is 0 Å². The molecule has 4 saturated carbocycles. The molecular weight excluding hydrogens is 316 g/mol. The molecule has 1 nitrogen and oxygen atoms in total. The minimum Gasteiger partial charge on any atom is -0.381 e. The van der Waals surface area contributed by atoms with Gasteiger partial charge in [-0.2, -0.15) is 0 Å². The summed E-state index contributed by atoms with van der Waals surface area (Å²) >= 11 is 0. The maximum Gasteiger partial charge on any atom is 0.0497 e. The fourth-order valence-electron chi connectivity index (χ4n) is 8.67. The van der Waals surface area contributed by atoms with Gasteiger partial charge in [-0.3, -0.25) is 0 Å².